The van der Waals surface area contributed by atoms with Crippen LogP contribution in [0.15, 0.2) is 36.4 Å². The van der Waals surface area contributed by atoms with Crippen LogP contribution in [0.4, 0.5) is 13.2 Å². The van der Waals surface area contributed by atoms with Gasteiger partial charge in [0.15, 0.2) is 0 Å². The third kappa shape index (κ3) is 5.29. The van der Waals surface area contributed by atoms with E-state index in [1.165, 1.54) is 11.6 Å². The molecule has 0 bridgehead atoms. The van der Waals surface area contributed by atoms with Gasteiger partial charge in [0.25, 0.3) is 0 Å². The number of hydrogen-bond donors (Lipinski definition) is 2. The van der Waals surface area contributed by atoms with Gasteiger partial charge in [-0.1, -0.05) is 18.2 Å². The van der Waals surface area contributed by atoms with Gasteiger partial charge in [0.05, 0.1) is 11.6 Å². The van der Waals surface area contributed by atoms with Crippen molar-refractivity contribution in [1.82, 2.24) is 5.32 Å². The highest BCUT2D eigenvalue weighted by atomic mass is 19.4. The van der Waals surface area contributed by atoms with E-state index in [1.54, 1.807) is 13.0 Å². The lowest BCUT2D eigenvalue weighted by atomic mass is 9.87. The normalized spacial score (nSPS) is 14.9. The quantitative estimate of drug-likeness (QED) is 0.727. The first-order valence-electron chi connectivity index (χ1n) is 9.71. The highest BCUT2D eigenvalue weighted by molar-refractivity contribution is 5.79. The predicted octanol–water partition coefficient (Wildman–Crippen LogP) is 4.13. The minimum Gasteiger partial charge on any atom is -0.489 e. The molecule has 0 fully saturated rings. The number of fused-ring (bicyclic) bond motifs is 1. The van der Waals surface area contributed by atoms with E-state index in [0.717, 1.165) is 48.9 Å². The van der Waals surface area contributed by atoms with Crippen molar-refractivity contribution in [2.45, 2.75) is 58.0 Å². The first-order chi connectivity index (χ1) is 13.8. The number of alkyl halides is 3. The number of hydrogen-bond acceptors (Lipinski definition) is 3. The van der Waals surface area contributed by atoms with Crippen molar-refractivity contribution in [3.8, 4) is 5.75 Å². The summed E-state index contributed by atoms with van der Waals surface area (Å²) < 4.78 is 44.6. The fraction of sp³-hybridized carbons (Fsp3) is 0.409. The smallest absolute Gasteiger partial charge is 0.416 e. The summed E-state index contributed by atoms with van der Waals surface area (Å²) in [6.45, 7) is 2.33. The summed E-state index contributed by atoms with van der Waals surface area (Å²) in [5.41, 5.74) is 8.50. The van der Waals surface area contributed by atoms with Crippen molar-refractivity contribution in [2.24, 2.45) is 5.73 Å². The molecule has 1 amide bonds. The maximum Gasteiger partial charge on any atom is 0.416 e. The number of carbonyl (C=O) groups is 1. The van der Waals surface area contributed by atoms with Crippen LogP contribution in [-0.4, -0.2) is 11.9 Å². The average molecular weight is 406 g/mol. The summed E-state index contributed by atoms with van der Waals surface area (Å²) in [5, 5.41) is 3.12. The molecular formula is C22H25F3N2O2. The summed E-state index contributed by atoms with van der Waals surface area (Å²) >= 11 is 0. The number of ether oxygens (including phenoxy) is 1. The molecular weight excluding hydrogens is 381 g/mol. The molecule has 0 heterocycles. The van der Waals surface area contributed by atoms with E-state index in [2.05, 4.69) is 5.32 Å². The number of nitrogens with one attached hydrogen (secondary N) is 1. The van der Waals surface area contributed by atoms with Gasteiger partial charge in [0, 0.05) is 6.54 Å². The SMILES string of the molecule is C[C@H](NCc1ccc(OCc2cccc(C(F)(F)F)c2)c2c1CCCC2)C(N)=O. The molecule has 0 saturated heterocycles. The Bertz CT molecular complexity index is 881. The summed E-state index contributed by atoms with van der Waals surface area (Å²) in [4.78, 5) is 11.2. The lowest BCUT2D eigenvalue weighted by Gasteiger charge is -2.23. The summed E-state index contributed by atoms with van der Waals surface area (Å²) in [5.74, 6) is 0.309. The van der Waals surface area contributed by atoms with Crippen LogP contribution in [0.5, 0.6) is 5.75 Å². The van der Waals surface area contributed by atoms with Crippen LogP contribution in [0.2, 0.25) is 0 Å². The van der Waals surface area contributed by atoms with Gasteiger partial charge >= 0.3 is 6.18 Å². The number of amides is 1. The highest BCUT2D eigenvalue weighted by Gasteiger charge is 2.30. The van der Waals surface area contributed by atoms with E-state index in [1.807, 2.05) is 12.1 Å². The molecule has 7 heteroatoms. The zero-order valence-electron chi connectivity index (χ0n) is 16.3. The zero-order valence-corrected chi connectivity index (χ0v) is 16.3. The maximum absolute atomic E-state index is 12.9. The monoisotopic (exact) mass is 406 g/mol. The highest BCUT2D eigenvalue weighted by Crippen LogP contribution is 2.34. The number of benzene rings is 2. The van der Waals surface area contributed by atoms with E-state index in [0.29, 0.717) is 17.9 Å². The maximum atomic E-state index is 12.9. The lowest BCUT2D eigenvalue weighted by Crippen LogP contribution is -2.38. The molecule has 2 aromatic rings. The molecule has 3 N–H and O–H groups in total. The van der Waals surface area contributed by atoms with E-state index >= 15 is 0 Å². The molecule has 2 aromatic carbocycles. The Kier molecular flexibility index (Phi) is 6.47. The summed E-state index contributed by atoms with van der Waals surface area (Å²) in [6.07, 6.45) is -0.472. The van der Waals surface area contributed by atoms with Crippen LogP contribution in [0.3, 0.4) is 0 Å². The second-order valence-corrected chi connectivity index (χ2v) is 7.38. The van der Waals surface area contributed by atoms with Crippen molar-refractivity contribution >= 4 is 5.91 Å². The van der Waals surface area contributed by atoms with Crippen molar-refractivity contribution in [3.05, 3.63) is 64.2 Å². The first kappa shape index (κ1) is 21.2. The predicted molar refractivity (Wildman–Crippen MR) is 104 cm³/mol. The van der Waals surface area contributed by atoms with Crippen LogP contribution < -0.4 is 15.8 Å². The third-order valence-corrected chi connectivity index (χ3v) is 5.26. The first-order valence-corrected chi connectivity index (χ1v) is 9.71. The molecule has 1 aliphatic rings. The van der Waals surface area contributed by atoms with Crippen LogP contribution in [-0.2, 0) is 37.0 Å². The van der Waals surface area contributed by atoms with Crippen LogP contribution in [0, 0.1) is 0 Å². The van der Waals surface area contributed by atoms with Gasteiger partial charge in [0.2, 0.25) is 5.91 Å². The Labute approximate surface area is 168 Å². The fourth-order valence-corrected chi connectivity index (χ4v) is 3.57. The Morgan fingerprint density at radius 1 is 1.17 bits per heavy atom. The molecule has 0 spiro atoms. The van der Waals surface area contributed by atoms with Gasteiger partial charge in [-0.25, -0.2) is 0 Å². The van der Waals surface area contributed by atoms with Crippen molar-refractivity contribution in [2.75, 3.05) is 0 Å². The van der Waals surface area contributed by atoms with E-state index in [9.17, 15) is 18.0 Å². The number of halogens is 3. The fourth-order valence-electron chi connectivity index (χ4n) is 3.57. The van der Waals surface area contributed by atoms with Gasteiger partial charge in [-0.15, -0.1) is 0 Å². The Morgan fingerprint density at radius 2 is 1.90 bits per heavy atom. The van der Waals surface area contributed by atoms with Crippen molar-refractivity contribution < 1.29 is 22.7 Å². The number of primary amides is 1. The van der Waals surface area contributed by atoms with Gasteiger partial charge in [-0.05, 0) is 73.1 Å². The van der Waals surface area contributed by atoms with Crippen LogP contribution >= 0.6 is 0 Å². The Hall–Kier alpha value is -2.54. The molecule has 0 radical (unpaired) electrons. The van der Waals surface area contributed by atoms with Gasteiger partial charge in [-0.2, -0.15) is 13.2 Å². The van der Waals surface area contributed by atoms with E-state index in [-0.39, 0.29) is 6.61 Å². The van der Waals surface area contributed by atoms with E-state index < -0.39 is 23.7 Å². The Balaban J connectivity index is 1.76. The van der Waals surface area contributed by atoms with Crippen LogP contribution in [0.1, 0.15) is 47.6 Å². The van der Waals surface area contributed by atoms with Gasteiger partial charge < -0.3 is 15.8 Å². The van der Waals surface area contributed by atoms with E-state index in [4.69, 9.17) is 10.5 Å². The molecule has 0 aliphatic heterocycles. The standard InChI is InChI=1S/C22H25F3N2O2/c1-14(21(26)28)27-12-16-9-10-20(19-8-3-2-7-18(16)19)29-13-15-5-4-6-17(11-15)22(23,24)25/h4-6,9-11,14,27H,2-3,7-8,12-13H2,1H3,(H2,26,28)/t14-/m0/s1. The lowest BCUT2D eigenvalue weighted by molar-refractivity contribution is -0.137. The number of rotatable bonds is 7. The second kappa shape index (κ2) is 8.86. The molecule has 3 rings (SSSR count). The summed E-state index contributed by atoms with van der Waals surface area (Å²) in [6, 6.07) is 8.59. The molecule has 4 nitrogen and oxygen atoms in total. The molecule has 29 heavy (non-hydrogen) atoms. The average Bonchev–Trinajstić information content (AvgIpc) is 2.70. The largest absolute Gasteiger partial charge is 0.489 e. The zero-order chi connectivity index (χ0) is 21.0. The van der Waals surface area contributed by atoms with Crippen molar-refractivity contribution in [3.63, 3.8) is 0 Å². The van der Waals surface area contributed by atoms with Gasteiger partial charge in [0.1, 0.15) is 12.4 Å². The summed E-state index contributed by atoms with van der Waals surface area (Å²) in [7, 11) is 0. The molecule has 156 valence electrons. The topological polar surface area (TPSA) is 64.3 Å². The number of carbonyl (C=O) groups excluding carboxylic acids is 1. The minimum atomic E-state index is -4.37. The molecule has 0 aromatic heterocycles. The third-order valence-electron chi connectivity index (χ3n) is 5.26. The second-order valence-electron chi connectivity index (χ2n) is 7.38. The molecule has 1 aliphatic carbocycles. The van der Waals surface area contributed by atoms with Gasteiger partial charge in [-0.3, -0.25) is 4.79 Å². The minimum absolute atomic E-state index is 0.0761. The van der Waals surface area contributed by atoms with Crippen LogP contribution in [0.25, 0.3) is 0 Å². The van der Waals surface area contributed by atoms with Crippen molar-refractivity contribution in [1.29, 1.82) is 0 Å². The molecule has 0 unspecified atom stereocenters. The Morgan fingerprint density at radius 3 is 2.59 bits per heavy atom. The number of nitrogens with two attached hydrogens (primary N) is 1. The molecule has 1 atom stereocenters. The molecule has 0 saturated carbocycles.